The van der Waals surface area contributed by atoms with Gasteiger partial charge < -0.3 is 4.74 Å². The summed E-state index contributed by atoms with van der Waals surface area (Å²) in [5.74, 6) is -0.425. The summed E-state index contributed by atoms with van der Waals surface area (Å²) in [6.07, 6.45) is 0.758. The summed E-state index contributed by atoms with van der Waals surface area (Å²) < 4.78 is 4.99. The highest BCUT2D eigenvalue weighted by molar-refractivity contribution is 5.71. The summed E-state index contributed by atoms with van der Waals surface area (Å²) in [4.78, 5) is 20.2. The highest BCUT2D eigenvalue weighted by Gasteiger charge is 2.12. The largest absolute Gasteiger partial charge is 0.379 e. The maximum Gasteiger partial charge on any atom is 0.345 e. The Morgan fingerprint density at radius 1 is 1.31 bits per heavy atom. The summed E-state index contributed by atoms with van der Waals surface area (Å²) in [6, 6.07) is 0. The Morgan fingerprint density at radius 3 is 2.54 bits per heavy atom. The van der Waals surface area contributed by atoms with Crippen LogP contribution in [0.15, 0.2) is 0 Å². The van der Waals surface area contributed by atoms with Gasteiger partial charge in [-0.05, 0) is 13.3 Å². The molecule has 0 saturated carbocycles. The molecule has 0 bridgehead atoms. The Labute approximate surface area is 79.1 Å². The lowest BCUT2D eigenvalue weighted by Crippen LogP contribution is -2.16. The quantitative estimate of drug-likeness (QED) is 0.347. The predicted octanol–water partition coefficient (Wildman–Crippen LogP) is 1.54. The number of rotatable bonds is 7. The van der Waals surface area contributed by atoms with Crippen LogP contribution in [0.25, 0.3) is 0 Å². The lowest BCUT2D eigenvalue weighted by molar-refractivity contribution is -0.279. The minimum absolute atomic E-state index is 0.105. The third-order valence-corrected chi connectivity index (χ3v) is 1.67. The van der Waals surface area contributed by atoms with Gasteiger partial charge in [0, 0.05) is 6.61 Å². The third-order valence-electron chi connectivity index (χ3n) is 1.67. The smallest absolute Gasteiger partial charge is 0.345 e. The highest BCUT2D eigenvalue weighted by Crippen LogP contribution is 2.02. The van der Waals surface area contributed by atoms with Crippen molar-refractivity contribution in [2.45, 2.75) is 27.2 Å². The van der Waals surface area contributed by atoms with Gasteiger partial charge in [-0.15, -0.1) is 0 Å². The van der Waals surface area contributed by atoms with Crippen molar-refractivity contribution in [2.24, 2.45) is 5.92 Å². The molecule has 0 aromatic rings. The van der Waals surface area contributed by atoms with Gasteiger partial charge in [-0.1, -0.05) is 13.8 Å². The van der Waals surface area contributed by atoms with Crippen LogP contribution >= 0.6 is 0 Å². The summed E-state index contributed by atoms with van der Waals surface area (Å²) in [5, 5.41) is 0. The summed E-state index contributed by atoms with van der Waals surface area (Å²) >= 11 is 0. The van der Waals surface area contributed by atoms with Crippen LogP contribution in [0.2, 0.25) is 0 Å². The zero-order chi connectivity index (χ0) is 10.1. The van der Waals surface area contributed by atoms with Crippen LogP contribution in [-0.4, -0.2) is 25.8 Å². The van der Waals surface area contributed by atoms with Gasteiger partial charge in [-0.2, -0.15) is 4.89 Å². The first-order valence-corrected chi connectivity index (χ1v) is 4.63. The fourth-order valence-electron chi connectivity index (χ4n) is 0.586. The van der Waals surface area contributed by atoms with Gasteiger partial charge in [0.2, 0.25) is 0 Å². The van der Waals surface area contributed by atoms with E-state index in [2.05, 4.69) is 9.78 Å². The van der Waals surface area contributed by atoms with Gasteiger partial charge in [0.05, 0.1) is 12.5 Å². The first-order chi connectivity index (χ1) is 6.22. The standard InChI is InChI=1S/C9H18O4/c1-4-8(3)9(10)13-12-7-6-11-5-2/h8H,4-7H2,1-3H3. The summed E-state index contributed by atoms with van der Waals surface area (Å²) in [5.41, 5.74) is 0. The van der Waals surface area contributed by atoms with Crippen molar-refractivity contribution >= 4 is 5.97 Å². The monoisotopic (exact) mass is 190 g/mol. The van der Waals surface area contributed by atoms with Crippen molar-refractivity contribution < 1.29 is 19.3 Å². The topological polar surface area (TPSA) is 44.8 Å². The Bertz CT molecular complexity index is 136. The highest BCUT2D eigenvalue weighted by atomic mass is 17.2. The van der Waals surface area contributed by atoms with Crippen molar-refractivity contribution in [3.63, 3.8) is 0 Å². The van der Waals surface area contributed by atoms with E-state index in [1.807, 2.05) is 13.8 Å². The number of hydrogen-bond acceptors (Lipinski definition) is 4. The van der Waals surface area contributed by atoms with Crippen molar-refractivity contribution in [2.75, 3.05) is 19.8 Å². The zero-order valence-corrected chi connectivity index (χ0v) is 8.54. The summed E-state index contributed by atoms with van der Waals surface area (Å²) in [6.45, 7) is 6.99. The van der Waals surface area contributed by atoms with Crippen molar-refractivity contribution in [1.29, 1.82) is 0 Å². The van der Waals surface area contributed by atoms with E-state index in [-0.39, 0.29) is 18.5 Å². The maximum absolute atomic E-state index is 11.0. The zero-order valence-electron chi connectivity index (χ0n) is 8.54. The second-order valence-electron chi connectivity index (χ2n) is 2.73. The van der Waals surface area contributed by atoms with Gasteiger partial charge in [-0.3, -0.25) is 4.89 Å². The van der Waals surface area contributed by atoms with Crippen LogP contribution in [0.1, 0.15) is 27.2 Å². The van der Waals surface area contributed by atoms with Crippen LogP contribution in [0.5, 0.6) is 0 Å². The lowest BCUT2D eigenvalue weighted by Gasteiger charge is -2.07. The average molecular weight is 190 g/mol. The molecule has 78 valence electrons. The molecule has 0 aromatic heterocycles. The van der Waals surface area contributed by atoms with E-state index in [0.29, 0.717) is 13.2 Å². The Balaban J connectivity index is 3.27. The molecule has 1 unspecified atom stereocenters. The van der Waals surface area contributed by atoms with Crippen molar-refractivity contribution in [3.05, 3.63) is 0 Å². The fourth-order valence-corrected chi connectivity index (χ4v) is 0.586. The Kier molecular flexibility index (Phi) is 7.63. The van der Waals surface area contributed by atoms with Crippen molar-refractivity contribution in [3.8, 4) is 0 Å². The molecule has 0 aromatic carbocycles. The minimum atomic E-state index is -0.320. The van der Waals surface area contributed by atoms with Crippen molar-refractivity contribution in [1.82, 2.24) is 0 Å². The molecular weight excluding hydrogens is 172 g/mol. The normalized spacial score (nSPS) is 12.5. The van der Waals surface area contributed by atoms with Crippen LogP contribution in [0.3, 0.4) is 0 Å². The molecular formula is C9H18O4. The molecule has 0 heterocycles. The molecule has 1 atom stereocenters. The SMILES string of the molecule is CCOCCOOC(=O)C(C)CC. The molecule has 0 amide bonds. The van der Waals surface area contributed by atoms with Crippen LogP contribution in [-0.2, 0) is 19.3 Å². The first kappa shape index (κ1) is 12.4. The van der Waals surface area contributed by atoms with Crippen LogP contribution < -0.4 is 0 Å². The Hall–Kier alpha value is -0.610. The van der Waals surface area contributed by atoms with E-state index >= 15 is 0 Å². The molecule has 0 fully saturated rings. The van der Waals surface area contributed by atoms with Gasteiger partial charge in [0.1, 0.15) is 6.61 Å². The van der Waals surface area contributed by atoms with E-state index in [1.54, 1.807) is 6.92 Å². The predicted molar refractivity (Wildman–Crippen MR) is 48.0 cm³/mol. The third kappa shape index (κ3) is 6.54. The first-order valence-electron chi connectivity index (χ1n) is 4.63. The molecule has 0 saturated heterocycles. The molecule has 0 aliphatic rings. The Morgan fingerprint density at radius 2 is 2.00 bits per heavy atom. The molecule has 13 heavy (non-hydrogen) atoms. The van der Waals surface area contributed by atoms with E-state index in [9.17, 15) is 4.79 Å². The second-order valence-corrected chi connectivity index (χ2v) is 2.73. The molecule has 4 nitrogen and oxygen atoms in total. The van der Waals surface area contributed by atoms with Gasteiger partial charge in [0.15, 0.2) is 0 Å². The van der Waals surface area contributed by atoms with Crippen LogP contribution in [0, 0.1) is 5.92 Å². The minimum Gasteiger partial charge on any atom is -0.379 e. The molecule has 0 spiro atoms. The molecule has 0 aliphatic carbocycles. The number of carbonyl (C=O) groups is 1. The maximum atomic E-state index is 11.0. The van der Waals surface area contributed by atoms with Gasteiger partial charge in [0.25, 0.3) is 0 Å². The van der Waals surface area contributed by atoms with E-state index in [1.165, 1.54) is 0 Å². The number of carbonyl (C=O) groups excluding carboxylic acids is 1. The van der Waals surface area contributed by atoms with E-state index in [0.717, 1.165) is 6.42 Å². The molecule has 4 heteroatoms. The lowest BCUT2D eigenvalue weighted by atomic mass is 10.1. The van der Waals surface area contributed by atoms with Gasteiger partial charge in [-0.25, -0.2) is 4.79 Å². The van der Waals surface area contributed by atoms with Crippen LogP contribution in [0.4, 0.5) is 0 Å². The molecule has 0 aliphatic heterocycles. The molecule has 0 radical (unpaired) electrons. The van der Waals surface area contributed by atoms with E-state index < -0.39 is 0 Å². The number of hydrogen-bond donors (Lipinski definition) is 0. The molecule has 0 rings (SSSR count). The summed E-state index contributed by atoms with van der Waals surface area (Å²) in [7, 11) is 0. The number of ether oxygens (including phenoxy) is 1. The van der Waals surface area contributed by atoms with Gasteiger partial charge >= 0.3 is 5.97 Å². The van der Waals surface area contributed by atoms with E-state index in [4.69, 9.17) is 4.74 Å². The average Bonchev–Trinajstić information content (AvgIpc) is 2.16. The fraction of sp³-hybridized carbons (Fsp3) is 0.889. The second kappa shape index (κ2) is 8.01. The molecule has 0 N–H and O–H groups in total.